The molecule has 1 saturated carbocycles. The molecule has 1 amide bonds. The highest BCUT2D eigenvalue weighted by atomic mass is 79.9. The highest BCUT2D eigenvalue weighted by Crippen LogP contribution is 2.39. The molecule has 1 aromatic rings. The van der Waals surface area contributed by atoms with Crippen LogP contribution in [0.15, 0.2) is 16.7 Å². The molecule has 0 unspecified atom stereocenters. The lowest BCUT2D eigenvalue weighted by atomic mass is 9.81. The van der Waals surface area contributed by atoms with Crippen molar-refractivity contribution in [1.29, 1.82) is 0 Å². The van der Waals surface area contributed by atoms with Crippen molar-refractivity contribution >= 4 is 39.1 Å². The first-order valence-corrected chi connectivity index (χ1v) is 7.63. The van der Waals surface area contributed by atoms with Crippen LogP contribution in [0.25, 0.3) is 0 Å². The van der Waals surface area contributed by atoms with E-state index in [0.29, 0.717) is 10.2 Å². The average Bonchev–Trinajstić information content (AvgIpc) is 2.42. The Labute approximate surface area is 133 Å². The third-order valence-corrected chi connectivity index (χ3v) is 4.36. The van der Waals surface area contributed by atoms with Crippen LogP contribution in [0.4, 0.5) is 18.9 Å². The molecule has 1 aliphatic rings. The van der Waals surface area contributed by atoms with Crippen LogP contribution >= 0.6 is 27.5 Å². The number of aromatic nitrogens is 1. The van der Waals surface area contributed by atoms with E-state index in [1.807, 2.05) is 0 Å². The van der Waals surface area contributed by atoms with Crippen molar-refractivity contribution in [2.24, 2.45) is 11.8 Å². The van der Waals surface area contributed by atoms with Crippen LogP contribution in [0.2, 0.25) is 5.15 Å². The monoisotopic (exact) mass is 384 g/mol. The van der Waals surface area contributed by atoms with Gasteiger partial charge in [0.1, 0.15) is 0 Å². The van der Waals surface area contributed by atoms with Gasteiger partial charge in [0.25, 0.3) is 0 Å². The molecule has 1 aromatic heterocycles. The van der Waals surface area contributed by atoms with Gasteiger partial charge in [-0.15, -0.1) is 0 Å². The van der Waals surface area contributed by atoms with Gasteiger partial charge in [-0.05, 0) is 47.7 Å². The predicted molar refractivity (Wildman–Crippen MR) is 77.1 cm³/mol. The summed E-state index contributed by atoms with van der Waals surface area (Å²) in [6.07, 6.45) is -2.23. The number of nitrogens with zero attached hydrogens (tertiary/aromatic N) is 1. The van der Waals surface area contributed by atoms with Crippen LogP contribution in [0.3, 0.4) is 0 Å². The van der Waals surface area contributed by atoms with Gasteiger partial charge in [0.2, 0.25) is 5.91 Å². The van der Waals surface area contributed by atoms with Gasteiger partial charge in [0.15, 0.2) is 5.15 Å². The summed E-state index contributed by atoms with van der Waals surface area (Å²) in [7, 11) is 0. The minimum atomic E-state index is -4.17. The van der Waals surface area contributed by atoms with E-state index in [9.17, 15) is 18.0 Å². The summed E-state index contributed by atoms with van der Waals surface area (Å²) in [6.45, 7) is 0. The number of anilines is 1. The average molecular weight is 386 g/mol. The van der Waals surface area contributed by atoms with Crippen molar-refractivity contribution in [3.05, 3.63) is 21.9 Å². The fourth-order valence-corrected chi connectivity index (χ4v) is 2.91. The lowest BCUT2D eigenvalue weighted by Crippen LogP contribution is -2.32. The van der Waals surface area contributed by atoms with E-state index in [-0.39, 0.29) is 36.7 Å². The Balaban J connectivity index is 1.95. The Morgan fingerprint density at radius 3 is 2.52 bits per heavy atom. The summed E-state index contributed by atoms with van der Waals surface area (Å²) in [5, 5.41) is 2.78. The molecule has 0 aromatic carbocycles. The number of hydrogen-bond acceptors (Lipinski definition) is 2. The lowest BCUT2D eigenvalue weighted by molar-refractivity contribution is -0.184. The molecule has 0 bridgehead atoms. The normalized spacial score (nSPS) is 22.9. The number of halogens is 5. The minimum Gasteiger partial charge on any atom is -0.323 e. The number of amides is 1. The second-order valence-corrected chi connectivity index (χ2v) is 6.35. The summed E-state index contributed by atoms with van der Waals surface area (Å²) in [5.41, 5.74) is 0.356. The first-order chi connectivity index (χ1) is 9.77. The molecule has 1 heterocycles. The number of rotatable bonds is 2. The molecular weight excluding hydrogens is 373 g/mol. The zero-order chi connectivity index (χ0) is 15.6. The van der Waals surface area contributed by atoms with Crippen LogP contribution in [0.1, 0.15) is 25.7 Å². The predicted octanol–water partition coefficient (Wildman–Crippen LogP) is 4.80. The van der Waals surface area contributed by atoms with E-state index >= 15 is 0 Å². The van der Waals surface area contributed by atoms with Crippen molar-refractivity contribution in [3.63, 3.8) is 0 Å². The van der Waals surface area contributed by atoms with Gasteiger partial charge in [-0.3, -0.25) is 4.79 Å². The lowest BCUT2D eigenvalue weighted by Gasteiger charge is -2.29. The zero-order valence-corrected chi connectivity index (χ0v) is 13.2. The summed E-state index contributed by atoms with van der Waals surface area (Å²) in [5.74, 6) is -2.02. The van der Waals surface area contributed by atoms with E-state index in [0.717, 1.165) is 0 Å². The molecule has 116 valence electrons. The number of pyridine rings is 1. The maximum Gasteiger partial charge on any atom is 0.391 e. The molecule has 3 nitrogen and oxygen atoms in total. The molecule has 0 aliphatic heterocycles. The highest BCUT2D eigenvalue weighted by Gasteiger charge is 2.42. The van der Waals surface area contributed by atoms with Crippen LogP contribution in [-0.2, 0) is 4.79 Å². The second-order valence-electron chi connectivity index (χ2n) is 5.07. The van der Waals surface area contributed by atoms with Gasteiger partial charge in [-0.25, -0.2) is 4.98 Å². The van der Waals surface area contributed by atoms with E-state index < -0.39 is 18.0 Å². The number of carbonyl (C=O) groups is 1. The molecule has 1 N–H and O–H groups in total. The Morgan fingerprint density at radius 1 is 1.33 bits per heavy atom. The maximum atomic E-state index is 12.6. The fourth-order valence-electron chi connectivity index (χ4n) is 2.43. The van der Waals surface area contributed by atoms with E-state index in [2.05, 4.69) is 26.2 Å². The number of nitrogens with one attached hydrogen (secondary N) is 1. The SMILES string of the molecule is O=C(Nc1cc(Br)cnc1Cl)C1CCC(C(F)(F)F)CC1. The molecule has 0 atom stereocenters. The van der Waals surface area contributed by atoms with Crippen LogP contribution < -0.4 is 5.32 Å². The van der Waals surface area contributed by atoms with Crippen LogP contribution in [0.5, 0.6) is 0 Å². The van der Waals surface area contributed by atoms with Crippen molar-refractivity contribution < 1.29 is 18.0 Å². The molecule has 0 radical (unpaired) electrons. The number of carbonyl (C=O) groups excluding carboxylic acids is 1. The topological polar surface area (TPSA) is 42.0 Å². The molecule has 1 fully saturated rings. The Bertz CT molecular complexity index is 531. The van der Waals surface area contributed by atoms with Gasteiger partial charge in [-0.2, -0.15) is 13.2 Å². The number of alkyl halides is 3. The number of hydrogen-bond donors (Lipinski definition) is 1. The Hall–Kier alpha value is -0.820. The van der Waals surface area contributed by atoms with Crippen LogP contribution in [0, 0.1) is 11.8 Å². The molecular formula is C13H13BrClF3N2O. The minimum absolute atomic E-state index is 0.00788. The first-order valence-electron chi connectivity index (χ1n) is 6.46. The van der Waals surface area contributed by atoms with Gasteiger partial charge < -0.3 is 5.32 Å². The smallest absolute Gasteiger partial charge is 0.323 e. The molecule has 1 aliphatic carbocycles. The zero-order valence-electron chi connectivity index (χ0n) is 10.9. The van der Waals surface area contributed by atoms with Crippen molar-refractivity contribution in [2.75, 3.05) is 5.32 Å². The summed E-state index contributed by atoms with van der Waals surface area (Å²) in [4.78, 5) is 16.0. The fraction of sp³-hybridized carbons (Fsp3) is 0.538. The third kappa shape index (κ3) is 4.32. The van der Waals surface area contributed by atoms with Gasteiger partial charge >= 0.3 is 6.18 Å². The first kappa shape index (κ1) is 16.5. The van der Waals surface area contributed by atoms with E-state index in [4.69, 9.17) is 11.6 Å². The molecule has 0 spiro atoms. The molecule has 8 heteroatoms. The highest BCUT2D eigenvalue weighted by molar-refractivity contribution is 9.10. The Kier molecular flexibility index (Phi) is 5.14. The quantitative estimate of drug-likeness (QED) is 0.743. The Morgan fingerprint density at radius 2 is 1.95 bits per heavy atom. The molecule has 0 saturated heterocycles. The molecule has 21 heavy (non-hydrogen) atoms. The summed E-state index contributed by atoms with van der Waals surface area (Å²) < 4.78 is 38.4. The summed E-state index contributed by atoms with van der Waals surface area (Å²) >= 11 is 9.08. The van der Waals surface area contributed by atoms with Crippen molar-refractivity contribution in [2.45, 2.75) is 31.9 Å². The van der Waals surface area contributed by atoms with E-state index in [1.54, 1.807) is 6.07 Å². The van der Waals surface area contributed by atoms with Crippen molar-refractivity contribution in [3.8, 4) is 0 Å². The van der Waals surface area contributed by atoms with Gasteiger partial charge in [0, 0.05) is 16.6 Å². The van der Waals surface area contributed by atoms with Gasteiger partial charge in [0.05, 0.1) is 11.6 Å². The van der Waals surface area contributed by atoms with Crippen molar-refractivity contribution in [1.82, 2.24) is 4.98 Å². The standard InChI is InChI=1S/C13H13BrClF3N2O/c14-9-5-10(11(15)19-6-9)20-12(21)7-1-3-8(4-2-7)13(16,17)18/h5-8H,1-4H2,(H,20,21). The second kappa shape index (κ2) is 6.52. The van der Waals surface area contributed by atoms with Crippen LogP contribution in [-0.4, -0.2) is 17.1 Å². The largest absolute Gasteiger partial charge is 0.391 e. The molecule has 2 rings (SSSR count). The third-order valence-electron chi connectivity index (χ3n) is 3.62. The summed E-state index contributed by atoms with van der Waals surface area (Å²) in [6, 6.07) is 1.61. The van der Waals surface area contributed by atoms with E-state index in [1.165, 1.54) is 6.20 Å². The maximum absolute atomic E-state index is 12.6. The van der Waals surface area contributed by atoms with Gasteiger partial charge in [-0.1, -0.05) is 11.6 Å².